The molecule has 0 bridgehead atoms. The Morgan fingerprint density at radius 2 is 1.58 bits per heavy atom. The standard InChI is InChI=1S/C17H21NO/c1-19-13-12-17(16-10-6-3-7-11-16)18-14-15-8-4-2-5-9-15/h2-11,17-18H,12-14H2,1H3. The minimum atomic E-state index is 0.335. The van der Waals surface area contributed by atoms with Gasteiger partial charge in [-0.05, 0) is 17.5 Å². The molecule has 2 rings (SSSR count). The largest absolute Gasteiger partial charge is 0.385 e. The van der Waals surface area contributed by atoms with Crippen LogP contribution in [0, 0.1) is 0 Å². The Hall–Kier alpha value is -1.64. The Labute approximate surface area is 115 Å². The highest BCUT2D eigenvalue weighted by Crippen LogP contribution is 2.17. The molecule has 0 aliphatic heterocycles. The first-order chi connectivity index (χ1) is 9.40. The lowest BCUT2D eigenvalue weighted by atomic mass is 10.0. The van der Waals surface area contributed by atoms with Gasteiger partial charge in [-0.1, -0.05) is 60.7 Å². The predicted molar refractivity (Wildman–Crippen MR) is 79.0 cm³/mol. The topological polar surface area (TPSA) is 21.3 Å². The molecule has 0 amide bonds. The number of benzene rings is 2. The minimum absolute atomic E-state index is 0.335. The number of nitrogens with one attached hydrogen (secondary N) is 1. The van der Waals surface area contributed by atoms with Crippen LogP contribution in [0.15, 0.2) is 60.7 Å². The van der Waals surface area contributed by atoms with E-state index in [0.29, 0.717) is 6.04 Å². The molecular formula is C17H21NO. The van der Waals surface area contributed by atoms with Crippen molar-refractivity contribution in [1.82, 2.24) is 5.32 Å². The lowest BCUT2D eigenvalue weighted by Gasteiger charge is -2.19. The third-order valence-electron chi connectivity index (χ3n) is 3.21. The maximum absolute atomic E-state index is 5.21. The number of hydrogen-bond donors (Lipinski definition) is 1. The molecular weight excluding hydrogens is 234 g/mol. The lowest BCUT2D eigenvalue weighted by Crippen LogP contribution is -2.22. The van der Waals surface area contributed by atoms with Crippen molar-refractivity contribution in [2.75, 3.05) is 13.7 Å². The van der Waals surface area contributed by atoms with Crippen molar-refractivity contribution in [3.63, 3.8) is 0 Å². The number of rotatable bonds is 7. The average Bonchev–Trinajstić information content (AvgIpc) is 2.49. The molecule has 0 spiro atoms. The van der Waals surface area contributed by atoms with E-state index in [1.54, 1.807) is 7.11 Å². The molecule has 0 heterocycles. The van der Waals surface area contributed by atoms with E-state index >= 15 is 0 Å². The molecule has 0 aromatic heterocycles. The third kappa shape index (κ3) is 4.51. The fourth-order valence-corrected chi connectivity index (χ4v) is 2.14. The van der Waals surface area contributed by atoms with E-state index in [1.807, 2.05) is 12.1 Å². The van der Waals surface area contributed by atoms with Crippen LogP contribution < -0.4 is 5.32 Å². The van der Waals surface area contributed by atoms with Gasteiger partial charge < -0.3 is 10.1 Å². The first-order valence-corrected chi connectivity index (χ1v) is 6.71. The number of hydrogen-bond acceptors (Lipinski definition) is 2. The van der Waals surface area contributed by atoms with E-state index in [0.717, 1.165) is 19.6 Å². The van der Waals surface area contributed by atoms with Gasteiger partial charge in [0.2, 0.25) is 0 Å². The SMILES string of the molecule is COCCC(NCc1ccccc1)c1ccccc1. The molecule has 19 heavy (non-hydrogen) atoms. The minimum Gasteiger partial charge on any atom is -0.385 e. The van der Waals surface area contributed by atoms with Crippen molar-refractivity contribution >= 4 is 0 Å². The van der Waals surface area contributed by atoms with Gasteiger partial charge in [0.25, 0.3) is 0 Å². The third-order valence-corrected chi connectivity index (χ3v) is 3.21. The lowest BCUT2D eigenvalue weighted by molar-refractivity contribution is 0.182. The highest BCUT2D eigenvalue weighted by Gasteiger charge is 2.10. The molecule has 1 unspecified atom stereocenters. The Morgan fingerprint density at radius 1 is 0.947 bits per heavy atom. The summed E-state index contributed by atoms with van der Waals surface area (Å²) in [6.07, 6.45) is 0.980. The fourth-order valence-electron chi connectivity index (χ4n) is 2.14. The molecule has 0 radical (unpaired) electrons. The second-order valence-electron chi connectivity index (χ2n) is 4.61. The zero-order chi connectivity index (χ0) is 13.3. The maximum atomic E-state index is 5.21. The Morgan fingerprint density at radius 3 is 2.21 bits per heavy atom. The molecule has 2 aromatic carbocycles. The highest BCUT2D eigenvalue weighted by molar-refractivity contribution is 5.20. The van der Waals surface area contributed by atoms with Crippen LogP contribution in [0.2, 0.25) is 0 Å². The van der Waals surface area contributed by atoms with Crippen molar-refractivity contribution in [3.05, 3.63) is 71.8 Å². The second kappa shape index (κ2) is 7.72. The van der Waals surface area contributed by atoms with Crippen molar-refractivity contribution in [2.24, 2.45) is 0 Å². The van der Waals surface area contributed by atoms with E-state index in [1.165, 1.54) is 11.1 Å². The number of methoxy groups -OCH3 is 1. The van der Waals surface area contributed by atoms with Crippen LogP contribution in [0.1, 0.15) is 23.6 Å². The van der Waals surface area contributed by atoms with Crippen molar-refractivity contribution < 1.29 is 4.74 Å². The van der Waals surface area contributed by atoms with Gasteiger partial charge in [0.1, 0.15) is 0 Å². The molecule has 0 aliphatic carbocycles. The first-order valence-electron chi connectivity index (χ1n) is 6.71. The Bertz CT molecular complexity index is 455. The van der Waals surface area contributed by atoms with Crippen LogP contribution in [-0.4, -0.2) is 13.7 Å². The van der Waals surface area contributed by atoms with Crippen LogP contribution in [-0.2, 0) is 11.3 Å². The van der Waals surface area contributed by atoms with Gasteiger partial charge in [0.05, 0.1) is 0 Å². The summed E-state index contributed by atoms with van der Waals surface area (Å²) >= 11 is 0. The molecule has 2 heteroatoms. The second-order valence-corrected chi connectivity index (χ2v) is 4.61. The van der Waals surface area contributed by atoms with Crippen LogP contribution in [0.4, 0.5) is 0 Å². The highest BCUT2D eigenvalue weighted by atomic mass is 16.5. The molecule has 0 fully saturated rings. The van der Waals surface area contributed by atoms with E-state index in [-0.39, 0.29) is 0 Å². The van der Waals surface area contributed by atoms with Crippen LogP contribution >= 0.6 is 0 Å². The van der Waals surface area contributed by atoms with E-state index in [9.17, 15) is 0 Å². The monoisotopic (exact) mass is 255 g/mol. The summed E-state index contributed by atoms with van der Waals surface area (Å²) in [5.74, 6) is 0. The smallest absolute Gasteiger partial charge is 0.0480 e. The van der Waals surface area contributed by atoms with E-state index in [4.69, 9.17) is 4.74 Å². The summed E-state index contributed by atoms with van der Waals surface area (Å²) in [4.78, 5) is 0. The summed E-state index contributed by atoms with van der Waals surface area (Å²) in [6, 6.07) is 21.4. The fraction of sp³-hybridized carbons (Fsp3) is 0.294. The van der Waals surface area contributed by atoms with Gasteiger partial charge in [0, 0.05) is 26.3 Å². The van der Waals surface area contributed by atoms with Crippen molar-refractivity contribution in [3.8, 4) is 0 Å². The van der Waals surface area contributed by atoms with Crippen LogP contribution in [0.25, 0.3) is 0 Å². The summed E-state index contributed by atoms with van der Waals surface area (Å²) in [7, 11) is 1.75. The predicted octanol–water partition coefficient (Wildman–Crippen LogP) is 3.55. The summed E-state index contributed by atoms with van der Waals surface area (Å²) in [5.41, 5.74) is 2.62. The molecule has 1 atom stereocenters. The molecule has 100 valence electrons. The van der Waals surface area contributed by atoms with Crippen LogP contribution in [0.5, 0.6) is 0 Å². The zero-order valence-corrected chi connectivity index (χ0v) is 11.4. The quantitative estimate of drug-likeness (QED) is 0.817. The average molecular weight is 255 g/mol. The normalized spacial score (nSPS) is 12.3. The van der Waals surface area contributed by atoms with Crippen molar-refractivity contribution in [2.45, 2.75) is 19.0 Å². The Kier molecular flexibility index (Phi) is 5.60. The summed E-state index contributed by atoms with van der Waals surface area (Å²) < 4.78 is 5.21. The van der Waals surface area contributed by atoms with Crippen molar-refractivity contribution in [1.29, 1.82) is 0 Å². The van der Waals surface area contributed by atoms with Gasteiger partial charge in [-0.15, -0.1) is 0 Å². The first kappa shape index (κ1) is 13.8. The van der Waals surface area contributed by atoms with Gasteiger partial charge >= 0.3 is 0 Å². The summed E-state index contributed by atoms with van der Waals surface area (Å²) in [6.45, 7) is 1.64. The molecule has 2 aromatic rings. The zero-order valence-electron chi connectivity index (χ0n) is 11.4. The molecule has 0 saturated heterocycles. The van der Waals surface area contributed by atoms with Gasteiger partial charge in [0.15, 0.2) is 0 Å². The molecule has 2 nitrogen and oxygen atoms in total. The maximum Gasteiger partial charge on any atom is 0.0480 e. The Balaban J connectivity index is 1.98. The molecule has 0 aliphatic rings. The number of ether oxygens (including phenoxy) is 1. The van der Waals surface area contributed by atoms with E-state index in [2.05, 4.69) is 53.8 Å². The molecule has 1 N–H and O–H groups in total. The van der Waals surface area contributed by atoms with E-state index < -0.39 is 0 Å². The van der Waals surface area contributed by atoms with Gasteiger partial charge in [-0.25, -0.2) is 0 Å². The molecule has 0 saturated carbocycles. The van der Waals surface area contributed by atoms with Gasteiger partial charge in [-0.3, -0.25) is 0 Å². The van der Waals surface area contributed by atoms with Crippen LogP contribution in [0.3, 0.4) is 0 Å². The van der Waals surface area contributed by atoms with Gasteiger partial charge in [-0.2, -0.15) is 0 Å². The summed E-state index contributed by atoms with van der Waals surface area (Å²) in [5, 5.41) is 3.61.